The third kappa shape index (κ3) is 2.27. The predicted molar refractivity (Wildman–Crippen MR) is 61.6 cm³/mol. The van der Waals surface area contributed by atoms with Crippen molar-refractivity contribution in [3.8, 4) is 5.75 Å². The lowest BCUT2D eigenvalue weighted by Crippen LogP contribution is -1.99. The van der Waals surface area contributed by atoms with Gasteiger partial charge >= 0.3 is 0 Å². The average Bonchev–Trinajstić information content (AvgIpc) is 2.59. The highest BCUT2D eigenvalue weighted by atomic mass is 32.1. The van der Waals surface area contributed by atoms with Crippen LogP contribution in [0.15, 0.2) is 18.2 Å². The Hall–Kier alpha value is -1.13. The number of hydrogen-bond acceptors (Lipinski definition) is 4. The molecule has 15 heavy (non-hydrogen) atoms. The third-order valence-electron chi connectivity index (χ3n) is 2.05. The van der Waals surface area contributed by atoms with Gasteiger partial charge in [0.05, 0.1) is 16.3 Å². The molecular weight excluding hydrogens is 210 g/mol. The lowest BCUT2D eigenvalue weighted by atomic mass is 10.3. The van der Waals surface area contributed by atoms with Crippen LogP contribution in [-0.4, -0.2) is 23.3 Å². The number of thiazole rings is 1. The van der Waals surface area contributed by atoms with Crippen LogP contribution in [0.2, 0.25) is 0 Å². The minimum absolute atomic E-state index is 0.159. The van der Waals surface area contributed by atoms with Crippen molar-refractivity contribution >= 4 is 21.6 Å². The summed E-state index contributed by atoms with van der Waals surface area (Å²) in [6.07, 6.45) is 0.652. The van der Waals surface area contributed by atoms with Crippen LogP contribution in [0.4, 0.5) is 0 Å². The fourth-order valence-corrected chi connectivity index (χ4v) is 2.24. The molecule has 0 atom stereocenters. The number of benzene rings is 1. The van der Waals surface area contributed by atoms with E-state index >= 15 is 0 Å². The molecule has 2 rings (SSSR count). The van der Waals surface area contributed by atoms with Gasteiger partial charge in [0.25, 0.3) is 0 Å². The maximum atomic E-state index is 8.67. The van der Waals surface area contributed by atoms with Gasteiger partial charge in [-0.25, -0.2) is 4.98 Å². The summed E-state index contributed by atoms with van der Waals surface area (Å²) in [7, 11) is 0. The first-order valence-corrected chi connectivity index (χ1v) is 5.73. The van der Waals surface area contributed by atoms with Crippen LogP contribution in [0.3, 0.4) is 0 Å². The molecule has 0 bridgehead atoms. The molecule has 1 aromatic carbocycles. The molecule has 0 amide bonds. The van der Waals surface area contributed by atoms with Crippen LogP contribution < -0.4 is 4.74 Å². The number of nitrogens with zero attached hydrogens (tertiary/aromatic N) is 1. The summed E-state index contributed by atoms with van der Waals surface area (Å²) in [4.78, 5) is 4.42. The number of rotatable bonds is 4. The van der Waals surface area contributed by atoms with Gasteiger partial charge in [-0.3, -0.25) is 0 Å². The zero-order chi connectivity index (χ0) is 10.7. The molecule has 1 N–H and O–H groups in total. The quantitative estimate of drug-likeness (QED) is 0.809. The van der Waals surface area contributed by atoms with Gasteiger partial charge in [0.1, 0.15) is 11.3 Å². The fourth-order valence-electron chi connectivity index (χ4n) is 1.40. The number of hydrogen-bond donors (Lipinski definition) is 1. The molecule has 0 aliphatic heterocycles. The van der Waals surface area contributed by atoms with E-state index in [0.29, 0.717) is 13.0 Å². The van der Waals surface area contributed by atoms with Gasteiger partial charge in [-0.05, 0) is 19.1 Å². The van der Waals surface area contributed by atoms with E-state index < -0.39 is 0 Å². The first kappa shape index (κ1) is 10.4. The molecule has 2 aromatic rings. The second-order valence-corrected chi connectivity index (χ2v) is 4.50. The number of ether oxygens (including phenoxy) is 1. The molecule has 0 saturated carbocycles. The van der Waals surface area contributed by atoms with Crippen molar-refractivity contribution in [2.75, 3.05) is 13.2 Å². The molecule has 0 aliphatic carbocycles. The van der Waals surface area contributed by atoms with Gasteiger partial charge in [0.2, 0.25) is 0 Å². The van der Waals surface area contributed by atoms with Crippen molar-refractivity contribution in [2.45, 2.75) is 13.3 Å². The van der Waals surface area contributed by atoms with Gasteiger partial charge in [0.15, 0.2) is 0 Å². The van der Waals surface area contributed by atoms with E-state index in [0.717, 1.165) is 21.0 Å². The van der Waals surface area contributed by atoms with Crippen molar-refractivity contribution < 1.29 is 9.84 Å². The number of aryl methyl sites for hydroxylation is 1. The Balaban J connectivity index is 2.25. The molecule has 1 heterocycles. The standard InChI is InChI=1S/C11H13NO2S/c1-8-12-11-9(14-7-3-6-13)4-2-5-10(11)15-8/h2,4-5,13H,3,6-7H2,1H3. The lowest BCUT2D eigenvalue weighted by molar-refractivity contribution is 0.234. The van der Waals surface area contributed by atoms with E-state index in [9.17, 15) is 0 Å². The monoisotopic (exact) mass is 223 g/mol. The first-order valence-electron chi connectivity index (χ1n) is 4.91. The van der Waals surface area contributed by atoms with E-state index in [2.05, 4.69) is 4.98 Å². The Morgan fingerprint density at radius 3 is 3.13 bits per heavy atom. The second-order valence-electron chi connectivity index (χ2n) is 3.26. The van der Waals surface area contributed by atoms with Crippen molar-refractivity contribution in [2.24, 2.45) is 0 Å². The number of para-hydroxylation sites is 1. The smallest absolute Gasteiger partial charge is 0.146 e. The van der Waals surface area contributed by atoms with E-state index in [-0.39, 0.29) is 6.61 Å². The van der Waals surface area contributed by atoms with E-state index in [1.165, 1.54) is 0 Å². The molecule has 80 valence electrons. The molecular formula is C11H13NO2S. The van der Waals surface area contributed by atoms with E-state index in [4.69, 9.17) is 9.84 Å². The van der Waals surface area contributed by atoms with Crippen molar-refractivity contribution in [1.29, 1.82) is 0 Å². The maximum Gasteiger partial charge on any atom is 0.146 e. The Bertz CT molecular complexity index is 453. The van der Waals surface area contributed by atoms with Gasteiger partial charge in [-0.1, -0.05) is 6.07 Å². The molecule has 0 saturated heterocycles. The molecule has 3 nitrogen and oxygen atoms in total. The average molecular weight is 223 g/mol. The highest BCUT2D eigenvalue weighted by Crippen LogP contribution is 2.29. The predicted octanol–water partition coefficient (Wildman–Crippen LogP) is 2.37. The Labute approximate surface area is 92.3 Å². The summed E-state index contributed by atoms with van der Waals surface area (Å²) in [5, 5.41) is 9.71. The van der Waals surface area contributed by atoms with Crippen LogP contribution in [0.5, 0.6) is 5.75 Å². The van der Waals surface area contributed by atoms with Crippen molar-refractivity contribution in [3.05, 3.63) is 23.2 Å². The maximum absolute atomic E-state index is 8.67. The normalized spacial score (nSPS) is 10.8. The van der Waals surface area contributed by atoms with Crippen molar-refractivity contribution in [1.82, 2.24) is 4.98 Å². The van der Waals surface area contributed by atoms with Gasteiger partial charge in [-0.15, -0.1) is 11.3 Å². The summed E-state index contributed by atoms with van der Waals surface area (Å²) < 4.78 is 6.70. The first-order chi connectivity index (χ1) is 7.31. The SMILES string of the molecule is Cc1nc2c(OCCCO)cccc2s1. The van der Waals surface area contributed by atoms with Crippen LogP contribution >= 0.6 is 11.3 Å². The Kier molecular flexibility index (Phi) is 3.18. The van der Waals surface area contributed by atoms with E-state index in [1.807, 2.05) is 25.1 Å². The zero-order valence-corrected chi connectivity index (χ0v) is 9.38. The highest BCUT2D eigenvalue weighted by Gasteiger charge is 2.06. The molecule has 1 aromatic heterocycles. The van der Waals surface area contributed by atoms with Gasteiger partial charge in [0, 0.05) is 13.0 Å². The number of aromatic nitrogens is 1. The van der Waals surface area contributed by atoms with E-state index in [1.54, 1.807) is 11.3 Å². The fraction of sp³-hybridized carbons (Fsp3) is 0.364. The van der Waals surface area contributed by atoms with Gasteiger partial charge in [-0.2, -0.15) is 0 Å². The zero-order valence-electron chi connectivity index (χ0n) is 8.56. The largest absolute Gasteiger partial charge is 0.491 e. The molecule has 0 unspecified atom stereocenters. The second kappa shape index (κ2) is 4.59. The molecule has 0 spiro atoms. The number of fused-ring (bicyclic) bond motifs is 1. The summed E-state index contributed by atoms with van der Waals surface area (Å²) in [5.41, 5.74) is 0.929. The highest BCUT2D eigenvalue weighted by molar-refractivity contribution is 7.18. The van der Waals surface area contributed by atoms with Crippen LogP contribution in [-0.2, 0) is 0 Å². The topological polar surface area (TPSA) is 42.4 Å². The molecule has 4 heteroatoms. The molecule has 0 radical (unpaired) electrons. The third-order valence-corrected chi connectivity index (χ3v) is 2.98. The Morgan fingerprint density at radius 1 is 1.47 bits per heavy atom. The summed E-state index contributed by atoms with van der Waals surface area (Å²) in [6.45, 7) is 2.68. The lowest BCUT2D eigenvalue weighted by Gasteiger charge is -2.04. The number of aliphatic hydroxyl groups excluding tert-OH is 1. The minimum Gasteiger partial charge on any atom is -0.491 e. The minimum atomic E-state index is 0.159. The van der Waals surface area contributed by atoms with Crippen molar-refractivity contribution in [3.63, 3.8) is 0 Å². The summed E-state index contributed by atoms with van der Waals surface area (Å²) >= 11 is 1.67. The number of aliphatic hydroxyl groups is 1. The summed E-state index contributed by atoms with van der Waals surface area (Å²) in [5.74, 6) is 0.810. The molecule has 0 aliphatic rings. The molecule has 0 fully saturated rings. The van der Waals surface area contributed by atoms with Crippen LogP contribution in [0, 0.1) is 6.92 Å². The van der Waals surface area contributed by atoms with Crippen LogP contribution in [0.25, 0.3) is 10.2 Å². The Morgan fingerprint density at radius 2 is 2.33 bits per heavy atom. The summed E-state index contributed by atoms with van der Waals surface area (Å²) in [6, 6.07) is 5.92. The van der Waals surface area contributed by atoms with Gasteiger partial charge < -0.3 is 9.84 Å². The van der Waals surface area contributed by atoms with Crippen LogP contribution in [0.1, 0.15) is 11.4 Å².